The van der Waals surface area contributed by atoms with Crippen molar-refractivity contribution in [3.63, 3.8) is 0 Å². The molecule has 1 aliphatic carbocycles. The minimum atomic E-state index is -4.92. The summed E-state index contributed by atoms with van der Waals surface area (Å²) >= 11 is 0. The van der Waals surface area contributed by atoms with Crippen LogP contribution in [0.3, 0.4) is 0 Å². The number of nitrogens with two attached hydrogens (primary N) is 1. The Morgan fingerprint density at radius 2 is 1.50 bits per heavy atom. The molecule has 200 valence electrons. The summed E-state index contributed by atoms with van der Waals surface area (Å²) in [6, 6.07) is 10.6. The van der Waals surface area contributed by atoms with Gasteiger partial charge in [0.25, 0.3) is 0 Å². The van der Waals surface area contributed by atoms with Gasteiger partial charge >= 0.3 is 12.4 Å². The van der Waals surface area contributed by atoms with Crippen molar-refractivity contribution in [2.45, 2.75) is 56.6 Å². The van der Waals surface area contributed by atoms with Gasteiger partial charge in [-0.2, -0.15) is 26.3 Å². The summed E-state index contributed by atoms with van der Waals surface area (Å²) in [5.41, 5.74) is 3.72. The Kier molecular flexibility index (Phi) is 10.6. The molecule has 2 aromatic rings. The van der Waals surface area contributed by atoms with Gasteiger partial charge in [-0.25, -0.2) is 0 Å². The highest BCUT2D eigenvalue weighted by atomic mass is 35.5. The van der Waals surface area contributed by atoms with Gasteiger partial charge in [0.05, 0.1) is 24.3 Å². The molecule has 4 nitrogen and oxygen atoms in total. The first-order chi connectivity index (χ1) is 16.4. The fraction of sp³-hybridized carbons (Fsp3) is 0.480. The Morgan fingerprint density at radius 1 is 0.944 bits per heavy atom. The van der Waals surface area contributed by atoms with E-state index in [4.69, 9.17) is 10.5 Å². The number of alkyl halides is 6. The molecule has 0 radical (unpaired) electrons. The molecule has 0 bridgehead atoms. The number of halogens is 7. The van der Waals surface area contributed by atoms with Crippen LogP contribution in [-0.2, 0) is 28.5 Å². The Balaban J connectivity index is 0.00000456. The van der Waals surface area contributed by atoms with Gasteiger partial charge in [0.15, 0.2) is 0 Å². The fourth-order valence-electron chi connectivity index (χ4n) is 4.17. The molecule has 3 rings (SSSR count). The van der Waals surface area contributed by atoms with Crippen LogP contribution in [0.1, 0.15) is 53.9 Å². The summed E-state index contributed by atoms with van der Waals surface area (Å²) in [6.07, 6.45) is -6.88. The molecular weight excluding hydrogens is 510 g/mol. The number of nitrogens with one attached hydrogen (secondary N) is 1. The van der Waals surface area contributed by atoms with Crippen molar-refractivity contribution in [2.75, 3.05) is 13.2 Å². The van der Waals surface area contributed by atoms with Gasteiger partial charge in [0.1, 0.15) is 0 Å². The number of rotatable bonds is 8. The number of ether oxygens (including phenoxy) is 1. The number of carbonyl (C=O) groups is 1. The summed E-state index contributed by atoms with van der Waals surface area (Å²) in [7, 11) is 0. The first-order valence-electron chi connectivity index (χ1n) is 11.4. The number of amides is 1. The molecule has 0 saturated heterocycles. The van der Waals surface area contributed by atoms with Crippen LogP contribution in [0.15, 0.2) is 48.5 Å². The van der Waals surface area contributed by atoms with Crippen LogP contribution in [0.5, 0.6) is 0 Å². The largest absolute Gasteiger partial charge is 0.416 e. The SMILES string of the molecule is Cl.NC1CCC(C(=O)NCC(COCc2cc(C(F)(F)F)cc(C(F)(F)F)c2)c2ccccc2)CC1. The van der Waals surface area contributed by atoms with E-state index < -0.39 is 30.1 Å². The predicted molar refractivity (Wildman–Crippen MR) is 125 cm³/mol. The standard InChI is InChI=1S/C25H28F6N2O2.ClH/c26-24(27,28)20-10-16(11-21(12-20)25(29,30)31)14-35-15-19(17-4-2-1-3-5-17)13-33-23(34)18-6-8-22(32)9-7-18;/h1-5,10-12,18-19,22H,6-9,13-15,32H2,(H,33,34);1H. The Morgan fingerprint density at radius 3 is 2.03 bits per heavy atom. The third-order valence-electron chi connectivity index (χ3n) is 6.17. The predicted octanol–water partition coefficient (Wildman–Crippen LogP) is 6.08. The van der Waals surface area contributed by atoms with Crippen LogP contribution in [0.25, 0.3) is 0 Å². The summed E-state index contributed by atoms with van der Waals surface area (Å²) in [4.78, 5) is 12.6. The van der Waals surface area contributed by atoms with Crippen LogP contribution < -0.4 is 11.1 Å². The van der Waals surface area contributed by atoms with Crippen molar-refractivity contribution in [1.82, 2.24) is 5.32 Å². The van der Waals surface area contributed by atoms with E-state index in [-0.39, 0.29) is 61.0 Å². The minimum Gasteiger partial charge on any atom is -0.376 e. The van der Waals surface area contributed by atoms with Crippen LogP contribution in [0.4, 0.5) is 26.3 Å². The quantitative estimate of drug-likeness (QED) is 0.400. The molecule has 1 fully saturated rings. The zero-order valence-electron chi connectivity index (χ0n) is 19.4. The molecule has 0 heterocycles. The number of benzene rings is 2. The fourth-order valence-corrected chi connectivity index (χ4v) is 4.17. The lowest BCUT2D eigenvalue weighted by atomic mass is 9.86. The normalized spacial score (nSPS) is 19.3. The number of hydrogen-bond acceptors (Lipinski definition) is 3. The van der Waals surface area contributed by atoms with E-state index in [2.05, 4.69) is 5.32 Å². The highest BCUT2D eigenvalue weighted by molar-refractivity contribution is 5.85. The summed E-state index contributed by atoms with van der Waals surface area (Å²) in [5.74, 6) is -0.553. The molecule has 36 heavy (non-hydrogen) atoms. The van der Waals surface area contributed by atoms with Crippen molar-refractivity contribution in [1.29, 1.82) is 0 Å². The van der Waals surface area contributed by atoms with Crippen molar-refractivity contribution in [3.8, 4) is 0 Å². The van der Waals surface area contributed by atoms with Crippen LogP contribution in [0.2, 0.25) is 0 Å². The van der Waals surface area contributed by atoms with Gasteiger partial charge in [-0.05, 0) is 55.0 Å². The topological polar surface area (TPSA) is 64.4 Å². The molecule has 0 aromatic heterocycles. The second-order valence-electron chi connectivity index (χ2n) is 8.89. The molecule has 11 heteroatoms. The first kappa shape index (κ1) is 29.9. The summed E-state index contributed by atoms with van der Waals surface area (Å²) in [5, 5.41) is 2.92. The van der Waals surface area contributed by atoms with Crippen LogP contribution in [0, 0.1) is 5.92 Å². The Bertz CT molecular complexity index is 945. The first-order valence-corrected chi connectivity index (χ1v) is 11.4. The van der Waals surface area contributed by atoms with Crippen molar-refractivity contribution >= 4 is 18.3 Å². The van der Waals surface area contributed by atoms with Crippen molar-refractivity contribution in [3.05, 3.63) is 70.8 Å². The minimum absolute atomic E-state index is 0. The van der Waals surface area contributed by atoms with Gasteiger partial charge in [-0.15, -0.1) is 12.4 Å². The Hall–Kier alpha value is -2.30. The monoisotopic (exact) mass is 538 g/mol. The maximum absolute atomic E-state index is 13.1. The molecule has 1 aliphatic rings. The average molecular weight is 539 g/mol. The highest BCUT2D eigenvalue weighted by Gasteiger charge is 2.37. The third-order valence-corrected chi connectivity index (χ3v) is 6.17. The smallest absolute Gasteiger partial charge is 0.376 e. The molecule has 1 unspecified atom stereocenters. The van der Waals surface area contributed by atoms with E-state index in [1.165, 1.54) is 0 Å². The summed E-state index contributed by atoms with van der Waals surface area (Å²) in [6.45, 7) is -0.218. The van der Waals surface area contributed by atoms with E-state index in [9.17, 15) is 31.1 Å². The molecule has 0 spiro atoms. The van der Waals surface area contributed by atoms with E-state index in [1.54, 1.807) is 12.1 Å². The van der Waals surface area contributed by atoms with Crippen LogP contribution >= 0.6 is 12.4 Å². The number of hydrogen-bond donors (Lipinski definition) is 2. The van der Waals surface area contributed by atoms with E-state index >= 15 is 0 Å². The van der Waals surface area contributed by atoms with E-state index in [0.29, 0.717) is 25.0 Å². The molecule has 1 saturated carbocycles. The second kappa shape index (κ2) is 12.8. The van der Waals surface area contributed by atoms with Crippen molar-refractivity contribution in [2.24, 2.45) is 11.7 Å². The second-order valence-corrected chi connectivity index (χ2v) is 8.89. The van der Waals surface area contributed by atoms with Gasteiger partial charge in [-0.1, -0.05) is 30.3 Å². The third kappa shape index (κ3) is 8.67. The molecular formula is C25H29ClF6N2O2. The van der Waals surface area contributed by atoms with Gasteiger partial charge in [0.2, 0.25) is 5.91 Å². The lowest BCUT2D eigenvalue weighted by Gasteiger charge is -2.26. The zero-order chi connectivity index (χ0) is 25.6. The molecule has 3 N–H and O–H groups in total. The van der Waals surface area contributed by atoms with Crippen LogP contribution in [-0.4, -0.2) is 25.1 Å². The lowest BCUT2D eigenvalue weighted by molar-refractivity contribution is -0.143. The van der Waals surface area contributed by atoms with Gasteiger partial charge < -0.3 is 15.8 Å². The molecule has 1 amide bonds. The Labute approximate surface area is 212 Å². The maximum atomic E-state index is 13.1. The van der Waals surface area contributed by atoms with Crippen molar-refractivity contribution < 1.29 is 35.9 Å². The average Bonchev–Trinajstić information content (AvgIpc) is 2.80. The van der Waals surface area contributed by atoms with Gasteiger partial charge in [-0.3, -0.25) is 4.79 Å². The lowest BCUT2D eigenvalue weighted by Crippen LogP contribution is -2.38. The van der Waals surface area contributed by atoms with E-state index in [0.717, 1.165) is 18.4 Å². The number of carbonyl (C=O) groups excluding carboxylic acids is 1. The molecule has 2 aromatic carbocycles. The highest BCUT2D eigenvalue weighted by Crippen LogP contribution is 2.36. The van der Waals surface area contributed by atoms with E-state index in [1.807, 2.05) is 18.2 Å². The molecule has 1 atom stereocenters. The zero-order valence-corrected chi connectivity index (χ0v) is 20.2. The summed E-state index contributed by atoms with van der Waals surface area (Å²) < 4.78 is 84.2. The van der Waals surface area contributed by atoms with Gasteiger partial charge in [0, 0.05) is 24.4 Å². The maximum Gasteiger partial charge on any atom is 0.416 e. The molecule has 0 aliphatic heterocycles.